The van der Waals surface area contributed by atoms with Gasteiger partial charge < -0.3 is 18.9 Å². The van der Waals surface area contributed by atoms with E-state index in [9.17, 15) is 0 Å². The molecule has 0 spiro atoms. The first-order chi connectivity index (χ1) is 8.85. The summed E-state index contributed by atoms with van der Waals surface area (Å²) < 4.78 is 20.1. The Hall–Kier alpha value is -0.280. The Labute approximate surface area is 109 Å². The van der Waals surface area contributed by atoms with Crippen molar-refractivity contribution in [2.45, 2.75) is 0 Å². The Morgan fingerprint density at radius 1 is 0.722 bits per heavy atom. The summed E-state index contributed by atoms with van der Waals surface area (Å²) in [5, 5.41) is 0. The third kappa shape index (κ3) is 12.2. The van der Waals surface area contributed by atoms with Gasteiger partial charge in [-0.3, -0.25) is 4.90 Å². The molecule has 0 aliphatic carbocycles. The van der Waals surface area contributed by atoms with Crippen molar-refractivity contribution in [3.63, 3.8) is 0 Å². The number of hydrogen-bond donors (Lipinski definition) is 0. The summed E-state index contributed by atoms with van der Waals surface area (Å²) in [6.45, 7) is 4.65. The van der Waals surface area contributed by atoms with E-state index in [1.165, 1.54) is 7.11 Å². The molecule has 0 aromatic heterocycles. The molecular formula is C11H25NO6. The number of ether oxygens (including phenoxy) is 4. The van der Waals surface area contributed by atoms with E-state index in [1.807, 2.05) is 0 Å². The van der Waals surface area contributed by atoms with Crippen molar-refractivity contribution in [3.8, 4) is 0 Å². The fourth-order valence-corrected chi connectivity index (χ4v) is 1.26. The van der Waals surface area contributed by atoms with E-state index in [0.29, 0.717) is 33.4 Å². The predicted octanol–water partition coefficient (Wildman–Crippen LogP) is 0.107. The van der Waals surface area contributed by atoms with E-state index >= 15 is 0 Å². The third-order valence-corrected chi connectivity index (χ3v) is 2.11. The smallest absolute Gasteiger partial charge is 0.146 e. The molecule has 0 atom stereocenters. The van der Waals surface area contributed by atoms with Gasteiger partial charge in [-0.15, -0.1) is 0 Å². The summed E-state index contributed by atoms with van der Waals surface area (Å²) in [4.78, 5) is 11.6. The van der Waals surface area contributed by atoms with E-state index in [2.05, 4.69) is 9.79 Å². The number of hydrogen-bond acceptors (Lipinski definition) is 7. The van der Waals surface area contributed by atoms with E-state index in [4.69, 9.17) is 23.8 Å². The third-order valence-electron chi connectivity index (χ3n) is 2.11. The normalized spacial score (nSPS) is 11.3. The minimum atomic E-state index is 0.308. The molecule has 110 valence electrons. The Morgan fingerprint density at radius 2 is 1.22 bits per heavy atom. The number of nitrogens with zero attached hydrogens (tertiary/aromatic N) is 1. The van der Waals surface area contributed by atoms with Gasteiger partial charge in [0, 0.05) is 33.9 Å². The molecule has 18 heavy (non-hydrogen) atoms. The molecule has 0 bridgehead atoms. The molecular weight excluding hydrogens is 242 g/mol. The second-order valence-corrected chi connectivity index (χ2v) is 3.46. The molecule has 0 aliphatic heterocycles. The highest BCUT2D eigenvalue weighted by Crippen LogP contribution is 1.91. The van der Waals surface area contributed by atoms with Crippen LogP contribution in [0.1, 0.15) is 0 Å². The zero-order valence-electron chi connectivity index (χ0n) is 11.6. The van der Waals surface area contributed by atoms with Crippen LogP contribution in [0.2, 0.25) is 0 Å². The first kappa shape index (κ1) is 17.7. The molecule has 0 aromatic carbocycles. The van der Waals surface area contributed by atoms with Crippen LogP contribution in [0, 0.1) is 0 Å². The maximum Gasteiger partial charge on any atom is 0.146 e. The fraction of sp³-hybridized carbons (Fsp3) is 1.00. The van der Waals surface area contributed by atoms with Gasteiger partial charge in [0.2, 0.25) is 0 Å². The quantitative estimate of drug-likeness (QED) is 0.191. The Bertz CT molecular complexity index is 148. The molecule has 0 heterocycles. The van der Waals surface area contributed by atoms with E-state index in [-0.39, 0.29) is 0 Å². The molecule has 0 radical (unpaired) electrons. The van der Waals surface area contributed by atoms with Gasteiger partial charge in [-0.25, -0.2) is 9.78 Å². The van der Waals surface area contributed by atoms with E-state index < -0.39 is 0 Å². The van der Waals surface area contributed by atoms with Gasteiger partial charge >= 0.3 is 0 Å². The van der Waals surface area contributed by atoms with Crippen LogP contribution in [-0.2, 0) is 28.7 Å². The minimum Gasteiger partial charge on any atom is -0.359 e. The Morgan fingerprint density at radius 3 is 1.67 bits per heavy atom. The van der Waals surface area contributed by atoms with Crippen LogP contribution in [0.5, 0.6) is 0 Å². The first-order valence-electron chi connectivity index (χ1n) is 5.86. The summed E-state index contributed by atoms with van der Waals surface area (Å²) in [7, 11) is 4.69. The standard InChI is InChI=1S/C11H25NO6/c1-13-10-16-7-4-12(6-9-18-15-3)5-8-17-11-14-2/h4-11H2,1-3H3. The maximum atomic E-state index is 5.25. The van der Waals surface area contributed by atoms with Gasteiger partial charge in [0.25, 0.3) is 0 Å². The molecule has 0 N–H and O–H groups in total. The minimum absolute atomic E-state index is 0.308. The highest BCUT2D eigenvalue weighted by Gasteiger charge is 2.05. The van der Waals surface area contributed by atoms with Gasteiger partial charge in [0.05, 0.1) is 26.9 Å². The summed E-state index contributed by atoms with van der Waals surface area (Å²) in [6, 6.07) is 0. The van der Waals surface area contributed by atoms with Crippen LogP contribution in [0.15, 0.2) is 0 Å². The Balaban J connectivity index is 3.62. The molecule has 0 rings (SSSR count). The molecule has 0 aliphatic rings. The highest BCUT2D eigenvalue weighted by atomic mass is 17.2. The molecule has 0 unspecified atom stereocenters. The van der Waals surface area contributed by atoms with Crippen LogP contribution >= 0.6 is 0 Å². The average molecular weight is 267 g/mol. The van der Waals surface area contributed by atoms with Crippen LogP contribution in [-0.4, -0.2) is 79.3 Å². The zero-order valence-corrected chi connectivity index (χ0v) is 11.6. The van der Waals surface area contributed by atoms with Crippen molar-refractivity contribution >= 4 is 0 Å². The lowest BCUT2D eigenvalue weighted by atomic mass is 10.4. The van der Waals surface area contributed by atoms with Crippen molar-refractivity contribution in [3.05, 3.63) is 0 Å². The largest absolute Gasteiger partial charge is 0.359 e. The molecule has 0 fully saturated rings. The van der Waals surface area contributed by atoms with Crippen LogP contribution in [0.25, 0.3) is 0 Å². The van der Waals surface area contributed by atoms with Crippen molar-refractivity contribution in [1.29, 1.82) is 0 Å². The number of methoxy groups -OCH3 is 2. The van der Waals surface area contributed by atoms with Gasteiger partial charge in [-0.05, 0) is 0 Å². The van der Waals surface area contributed by atoms with Crippen molar-refractivity contribution in [2.24, 2.45) is 0 Å². The maximum absolute atomic E-state index is 5.25. The molecule has 7 heteroatoms. The monoisotopic (exact) mass is 267 g/mol. The van der Waals surface area contributed by atoms with Crippen molar-refractivity contribution in [2.75, 3.05) is 74.4 Å². The lowest BCUT2D eigenvalue weighted by Crippen LogP contribution is -2.34. The van der Waals surface area contributed by atoms with Gasteiger partial charge in [-0.1, -0.05) is 0 Å². The first-order valence-corrected chi connectivity index (χ1v) is 5.86. The topological polar surface area (TPSA) is 58.6 Å². The lowest BCUT2D eigenvalue weighted by molar-refractivity contribution is -0.273. The predicted molar refractivity (Wildman–Crippen MR) is 65.1 cm³/mol. The van der Waals surface area contributed by atoms with Crippen molar-refractivity contribution in [1.82, 2.24) is 4.90 Å². The fourth-order valence-electron chi connectivity index (χ4n) is 1.26. The van der Waals surface area contributed by atoms with E-state index in [0.717, 1.165) is 19.6 Å². The van der Waals surface area contributed by atoms with Gasteiger partial charge in [-0.2, -0.15) is 0 Å². The van der Waals surface area contributed by atoms with Crippen molar-refractivity contribution < 1.29 is 28.7 Å². The zero-order chi connectivity index (χ0) is 13.5. The summed E-state index contributed by atoms with van der Waals surface area (Å²) in [5.74, 6) is 0. The lowest BCUT2D eigenvalue weighted by Gasteiger charge is -2.21. The van der Waals surface area contributed by atoms with Gasteiger partial charge in [0.1, 0.15) is 13.6 Å². The van der Waals surface area contributed by atoms with Crippen LogP contribution in [0.4, 0.5) is 0 Å². The summed E-state index contributed by atoms with van der Waals surface area (Å²) in [5.41, 5.74) is 0. The Kier molecular flexibility index (Phi) is 14.5. The molecule has 0 saturated carbocycles. The van der Waals surface area contributed by atoms with Gasteiger partial charge in [0.15, 0.2) is 0 Å². The molecule has 7 nitrogen and oxygen atoms in total. The summed E-state index contributed by atoms with van der Waals surface area (Å²) >= 11 is 0. The highest BCUT2D eigenvalue weighted by molar-refractivity contribution is 4.56. The molecule has 0 amide bonds. The van der Waals surface area contributed by atoms with Crippen LogP contribution < -0.4 is 0 Å². The SMILES string of the molecule is COCOCCN(CCOCOC)CCOOC. The average Bonchev–Trinajstić information content (AvgIpc) is 2.39. The molecule has 0 saturated heterocycles. The van der Waals surface area contributed by atoms with E-state index in [1.54, 1.807) is 14.2 Å². The van der Waals surface area contributed by atoms with Crippen LogP contribution in [0.3, 0.4) is 0 Å². The summed E-state index contributed by atoms with van der Waals surface area (Å²) in [6.07, 6.45) is 0. The second kappa shape index (κ2) is 14.8. The molecule has 0 aromatic rings. The second-order valence-electron chi connectivity index (χ2n) is 3.46. The number of rotatable bonds is 14.